The second kappa shape index (κ2) is 5.26. The standard InChI is InChI=1S/C11H20N2/c1-4-5-7-13-8-6-11(12-3)10(2)9-13/h1,10-12H,5-9H2,2-3H3. The van der Waals surface area contributed by atoms with Crippen LogP contribution in [0.3, 0.4) is 0 Å². The van der Waals surface area contributed by atoms with Gasteiger partial charge in [-0.05, 0) is 25.9 Å². The van der Waals surface area contributed by atoms with Crippen molar-refractivity contribution in [3.8, 4) is 12.3 Å². The molecule has 2 nitrogen and oxygen atoms in total. The van der Waals surface area contributed by atoms with Crippen LogP contribution in [0, 0.1) is 18.3 Å². The minimum Gasteiger partial charge on any atom is -0.317 e. The molecule has 1 heterocycles. The first kappa shape index (κ1) is 10.6. The number of piperidine rings is 1. The molecular weight excluding hydrogens is 160 g/mol. The molecule has 1 saturated heterocycles. The summed E-state index contributed by atoms with van der Waals surface area (Å²) >= 11 is 0. The Kier molecular flexibility index (Phi) is 4.27. The molecule has 0 aromatic carbocycles. The molecule has 0 aromatic heterocycles. The molecule has 74 valence electrons. The predicted molar refractivity (Wildman–Crippen MR) is 56.5 cm³/mol. The predicted octanol–water partition coefficient (Wildman–Crippen LogP) is 0.940. The fourth-order valence-corrected chi connectivity index (χ4v) is 2.09. The minimum atomic E-state index is 0.696. The van der Waals surface area contributed by atoms with Crippen LogP contribution in [0.5, 0.6) is 0 Å². The number of nitrogens with one attached hydrogen (secondary N) is 1. The van der Waals surface area contributed by atoms with Gasteiger partial charge in [0.2, 0.25) is 0 Å². The lowest BCUT2D eigenvalue weighted by atomic mass is 9.94. The van der Waals surface area contributed by atoms with E-state index in [9.17, 15) is 0 Å². The first-order chi connectivity index (χ1) is 6.27. The van der Waals surface area contributed by atoms with Crippen molar-refractivity contribution in [1.82, 2.24) is 10.2 Å². The molecule has 0 bridgehead atoms. The lowest BCUT2D eigenvalue weighted by Gasteiger charge is -2.36. The maximum absolute atomic E-state index is 5.24. The van der Waals surface area contributed by atoms with Crippen molar-refractivity contribution in [1.29, 1.82) is 0 Å². The second-order valence-electron chi connectivity index (χ2n) is 3.92. The highest BCUT2D eigenvalue weighted by Gasteiger charge is 2.23. The van der Waals surface area contributed by atoms with Crippen molar-refractivity contribution in [3.63, 3.8) is 0 Å². The third-order valence-electron chi connectivity index (χ3n) is 2.93. The van der Waals surface area contributed by atoms with Crippen LogP contribution >= 0.6 is 0 Å². The monoisotopic (exact) mass is 180 g/mol. The summed E-state index contributed by atoms with van der Waals surface area (Å²) in [6.07, 6.45) is 7.38. The number of hydrogen-bond donors (Lipinski definition) is 1. The zero-order valence-electron chi connectivity index (χ0n) is 8.71. The zero-order chi connectivity index (χ0) is 9.68. The molecule has 0 amide bonds. The summed E-state index contributed by atoms with van der Waals surface area (Å²) in [7, 11) is 2.05. The van der Waals surface area contributed by atoms with E-state index in [0.29, 0.717) is 6.04 Å². The van der Waals surface area contributed by atoms with Crippen molar-refractivity contribution in [2.24, 2.45) is 5.92 Å². The van der Waals surface area contributed by atoms with Crippen molar-refractivity contribution in [2.45, 2.75) is 25.8 Å². The summed E-state index contributed by atoms with van der Waals surface area (Å²) in [5, 5.41) is 3.36. The molecule has 1 aliphatic heterocycles. The number of terminal acetylenes is 1. The Labute approximate surface area is 81.7 Å². The van der Waals surface area contributed by atoms with Gasteiger partial charge in [-0.2, -0.15) is 0 Å². The van der Waals surface area contributed by atoms with E-state index in [1.54, 1.807) is 0 Å². The van der Waals surface area contributed by atoms with Gasteiger partial charge in [-0.1, -0.05) is 6.92 Å². The quantitative estimate of drug-likeness (QED) is 0.650. The topological polar surface area (TPSA) is 15.3 Å². The normalized spacial score (nSPS) is 29.9. The van der Waals surface area contributed by atoms with Crippen LogP contribution in [0.25, 0.3) is 0 Å². The highest BCUT2D eigenvalue weighted by Crippen LogP contribution is 2.16. The summed E-state index contributed by atoms with van der Waals surface area (Å²) in [6.45, 7) is 5.76. The molecule has 2 atom stereocenters. The van der Waals surface area contributed by atoms with Gasteiger partial charge < -0.3 is 10.2 Å². The summed E-state index contributed by atoms with van der Waals surface area (Å²) < 4.78 is 0. The fourth-order valence-electron chi connectivity index (χ4n) is 2.09. The van der Waals surface area contributed by atoms with Crippen LogP contribution in [0.2, 0.25) is 0 Å². The number of rotatable bonds is 3. The molecule has 13 heavy (non-hydrogen) atoms. The molecule has 0 saturated carbocycles. The van der Waals surface area contributed by atoms with Crippen LogP contribution in [0.15, 0.2) is 0 Å². The average molecular weight is 180 g/mol. The molecule has 0 aliphatic carbocycles. The molecule has 1 N–H and O–H groups in total. The van der Waals surface area contributed by atoms with Gasteiger partial charge in [-0.15, -0.1) is 12.3 Å². The third kappa shape index (κ3) is 3.02. The Bertz CT molecular complexity index is 183. The summed E-state index contributed by atoms with van der Waals surface area (Å²) in [4.78, 5) is 2.47. The van der Waals surface area contributed by atoms with E-state index in [2.05, 4.69) is 30.1 Å². The molecule has 1 rings (SSSR count). The smallest absolute Gasteiger partial charge is 0.0214 e. The zero-order valence-corrected chi connectivity index (χ0v) is 8.71. The van der Waals surface area contributed by atoms with Crippen molar-refractivity contribution < 1.29 is 0 Å². The molecule has 2 unspecified atom stereocenters. The lowest BCUT2D eigenvalue weighted by molar-refractivity contribution is 0.154. The summed E-state index contributed by atoms with van der Waals surface area (Å²) in [5.74, 6) is 3.44. The average Bonchev–Trinajstić information content (AvgIpc) is 2.15. The van der Waals surface area contributed by atoms with Crippen molar-refractivity contribution >= 4 is 0 Å². The van der Waals surface area contributed by atoms with E-state index in [-0.39, 0.29) is 0 Å². The van der Waals surface area contributed by atoms with Gasteiger partial charge in [0.25, 0.3) is 0 Å². The lowest BCUT2D eigenvalue weighted by Crippen LogP contribution is -2.47. The van der Waals surface area contributed by atoms with E-state index >= 15 is 0 Å². The molecule has 0 aromatic rings. The molecule has 1 aliphatic rings. The van der Waals surface area contributed by atoms with Gasteiger partial charge >= 0.3 is 0 Å². The van der Waals surface area contributed by atoms with Gasteiger partial charge in [-0.3, -0.25) is 0 Å². The third-order valence-corrected chi connectivity index (χ3v) is 2.93. The molecule has 0 radical (unpaired) electrons. The van der Waals surface area contributed by atoms with E-state index in [4.69, 9.17) is 6.42 Å². The van der Waals surface area contributed by atoms with Gasteiger partial charge in [-0.25, -0.2) is 0 Å². The highest BCUT2D eigenvalue weighted by molar-refractivity contribution is 4.87. The largest absolute Gasteiger partial charge is 0.317 e. The minimum absolute atomic E-state index is 0.696. The van der Waals surface area contributed by atoms with Crippen LogP contribution in [-0.2, 0) is 0 Å². The highest BCUT2D eigenvalue weighted by atomic mass is 15.1. The summed E-state index contributed by atoms with van der Waals surface area (Å²) in [6, 6.07) is 0.696. The van der Waals surface area contributed by atoms with E-state index in [0.717, 1.165) is 18.9 Å². The second-order valence-corrected chi connectivity index (χ2v) is 3.92. The Balaban J connectivity index is 2.29. The summed E-state index contributed by atoms with van der Waals surface area (Å²) in [5.41, 5.74) is 0. The number of nitrogens with zero attached hydrogens (tertiary/aromatic N) is 1. The van der Waals surface area contributed by atoms with Crippen LogP contribution < -0.4 is 5.32 Å². The Hall–Kier alpha value is -0.520. The van der Waals surface area contributed by atoms with Crippen molar-refractivity contribution in [2.75, 3.05) is 26.7 Å². The van der Waals surface area contributed by atoms with Gasteiger partial charge in [0.05, 0.1) is 0 Å². The molecule has 1 fully saturated rings. The Morgan fingerprint density at radius 1 is 1.62 bits per heavy atom. The van der Waals surface area contributed by atoms with Crippen LogP contribution in [0.4, 0.5) is 0 Å². The SMILES string of the molecule is C#CCCN1CCC(NC)C(C)C1. The maximum Gasteiger partial charge on any atom is 0.0214 e. The van der Waals surface area contributed by atoms with Crippen molar-refractivity contribution in [3.05, 3.63) is 0 Å². The molecule has 0 spiro atoms. The fraction of sp³-hybridized carbons (Fsp3) is 0.818. The Morgan fingerprint density at radius 3 is 2.92 bits per heavy atom. The van der Waals surface area contributed by atoms with Gasteiger partial charge in [0, 0.05) is 25.6 Å². The van der Waals surface area contributed by atoms with E-state index < -0.39 is 0 Å². The molecular formula is C11H20N2. The van der Waals surface area contributed by atoms with Crippen LogP contribution in [-0.4, -0.2) is 37.6 Å². The first-order valence-electron chi connectivity index (χ1n) is 5.11. The molecule has 2 heteroatoms. The van der Waals surface area contributed by atoms with E-state index in [1.807, 2.05) is 0 Å². The number of likely N-dealkylation sites (tertiary alicyclic amines) is 1. The van der Waals surface area contributed by atoms with Crippen LogP contribution in [0.1, 0.15) is 19.8 Å². The first-order valence-corrected chi connectivity index (χ1v) is 5.11. The van der Waals surface area contributed by atoms with Gasteiger partial charge in [0.15, 0.2) is 0 Å². The van der Waals surface area contributed by atoms with Gasteiger partial charge in [0.1, 0.15) is 0 Å². The maximum atomic E-state index is 5.24. The van der Waals surface area contributed by atoms with E-state index in [1.165, 1.54) is 19.5 Å². The Morgan fingerprint density at radius 2 is 2.38 bits per heavy atom. The number of hydrogen-bond acceptors (Lipinski definition) is 2.